The molecule has 2 atom stereocenters. The van der Waals surface area contributed by atoms with Crippen LogP contribution in [0.15, 0.2) is 12.3 Å². The molecule has 0 saturated carbocycles. The second kappa shape index (κ2) is 7.16. The second-order valence-corrected chi connectivity index (χ2v) is 4.44. The number of ether oxygens (including phenoxy) is 1. The Labute approximate surface area is 108 Å². The number of methoxy groups -OCH3 is 1. The number of hydrogen-bond donors (Lipinski definition) is 1. The highest BCUT2D eigenvalue weighted by Gasteiger charge is 2.25. The quantitative estimate of drug-likeness (QED) is 0.750. The molecule has 0 bridgehead atoms. The summed E-state index contributed by atoms with van der Waals surface area (Å²) in [4.78, 5) is 11.5. The molecule has 2 N–H and O–H groups in total. The summed E-state index contributed by atoms with van der Waals surface area (Å²) in [5.74, 6) is -0.260. The minimum Gasteiger partial charge on any atom is -0.469 e. The molecule has 18 heavy (non-hydrogen) atoms. The van der Waals surface area contributed by atoms with E-state index in [4.69, 9.17) is 10.5 Å². The smallest absolute Gasteiger partial charge is 0.306 e. The zero-order valence-electron chi connectivity index (χ0n) is 11.4. The van der Waals surface area contributed by atoms with Crippen LogP contribution in [0.5, 0.6) is 0 Å². The molecule has 1 aromatic rings. The minimum atomic E-state index is -0.229. The van der Waals surface area contributed by atoms with Gasteiger partial charge in [-0.15, -0.1) is 0 Å². The van der Waals surface area contributed by atoms with E-state index >= 15 is 0 Å². The number of carbonyl (C=O) groups excluding carboxylic acids is 1. The minimum absolute atomic E-state index is 0.0310. The Morgan fingerprint density at radius 1 is 1.56 bits per heavy atom. The van der Waals surface area contributed by atoms with Crippen molar-refractivity contribution in [2.24, 2.45) is 5.73 Å². The molecule has 5 heteroatoms. The average molecular weight is 253 g/mol. The predicted molar refractivity (Wildman–Crippen MR) is 70.2 cm³/mol. The third-order valence-corrected chi connectivity index (χ3v) is 3.17. The van der Waals surface area contributed by atoms with Gasteiger partial charge in [-0.05, 0) is 18.9 Å². The largest absolute Gasteiger partial charge is 0.469 e. The van der Waals surface area contributed by atoms with Gasteiger partial charge >= 0.3 is 5.97 Å². The lowest BCUT2D eigenvalue weighted by molar-refractivity contribution is -0.141. The van der Waals surface area contributed by atoms with Crippen LogP contribution in [0, 0.1) is 0 Å². The molecule has 2 unspecified atom stereocenters. The first-order chi connectivity index (χ1) is 8.63. The molecule has 102 valence electrons. The van der Waals surface area contributed by atoms with E-state index in [2.05, 4.69) is 12.0 Å². The first-order valence-electron chi connectivity index (χ1n) is 6.48. The highest BCUT2D eigenvalue weighted by atomic mass is 16.5. The fourth-order valence-corrected chi connectivity index (χ4v) is 2.08. The van der Waals surface area contributed by atoms with Crippen LogP contribution < -0.4 is 5.73 Å². The van der Waals surface area contributed by atoms with Gasteiger partial charge in [-0.2, -0.15) is 5.10 Å². The van der Waals surface area contributed by atoms with Crippen LogP contribution in [0.25, 0.3) is 0 Å². The third kappa shape index (κ3) is 3.57. The third-order valence-electron chi connectivity index (χ3n) is 3.17. The Balaban J connectivity index is 2.93. The van der Waals surface area contributed by atoms with Crippen molar-refractivity contribution in [1.82, 2.24) is 9.78 Å². The van der Waals surface area contributed by atoms with Crippen LogP contribution in [0.4, 0.5) is 0 Å². The zero-order valence-corrected chi connectivity index (χ0v) is 11.4. The molecule has 0 aliphatic carbocycles. The van der Waals surface area contributed by atoms with Gasteiger partial charge in [-0.25, -0.2) is 0 Å². The molecule has 0 spiro atoms. The maximum Gasteiger partial charge on any atom is 0.306 e. The Morgan fingerprint density at radius 3 is 2.83 bits per heavy atom. The van der Waals surface area contributed by atoms with E-state index in [-0.39, 0.29) is 17.9 Å². The topological polar surface area (TPSA) is 70.1 Å². The predicted octanol–water partition coefficient (Wildman–Crippen LogP) is 1.68. The maximum absolute atomic E-state index is 11.5. The Kier molecular flexibility index (Phi) is 5.85. The highest BCUT2D eigenvalue weighted by molar-refractivity contribution is 5.70. The number of rotatable bonds is 7. The standard InChI is InChI=1S/C13H23N3O2/c1-4-8-16-12(6-7-15-16)10(11(14)5-2)9-13(17)18-3/h6-7,10-11H,4-5,8-9,14H2,1-3H3. The van der Waals surface area contributed by atoms with Gasteiger partial charge in [0, 0.05) is 30.4 Å². The van der Waals surface area contributed by atoms with Gasteiger partial charge in [-0.3, -0.25) is 9.48 Å². The second-order valence-electron chi connectivity index (χ2n) is 4.44. The number of esters is 1. The number of carbonyl (C=O) groups is 1. The van der Waals surface area contributed by atoms with Crippen LogP contribution in [0.1, 0.15) is 44.7 Å². The van der Waals surface area contributed by atoms with Gasteiger partial charge in [0.2, 0.25) is 0 Å². The molecule has 1 aromatic heterocycles. The molecular weight excluding hydrogens is 230 g/mol. The summed E-state index contributed by atoms with van der Waals surface area (Å²) in [5.41, 5.74) is 7.15. The Bertz CT molecular complexity index is 376. The first kappa shape index (κ1) is 14.7. The van der Waals surface area contributed by atoms with Crippen molar-refractivity contribution in [2.75, 3.05) is 7.11 Å². The summed E-state index contributed by atoms with van der Waals surface area (Å²) in [6.07, 6.45) is 3.89. The lowest BCUT2D eigenvalue weighted by Gasteiger charge is -2.23. The van der Waals surface area contributed by atoms with Crippen molar-refractivity contribution >= 4 is 5.97 Å². The van der Waals surface area contributed by atoms with Crippen LogP contribution in [-0.4, -0.2) is 28.9 Å². The van der Waals surface area contributed by atoms with E-state index < -0.39 is 0 Å². The molecule has 0 fully saturated rings. The van der Waals surface area contributed by atoms with Crippen LogP contribution >= 0.6 is 0 Å². The van der Waals surface area contributed by atoms with Crippen molar-refractivity contribution in [2.45, 2.75) is 51.6 Å². The van der Waals surface area contributed by atoms with Gasteiger partial charge in [0.1, 0.15) is 0 Å². The van der Waals surface area contributed by atoms with Crippen LogP contribution in [-0.2, 0) is 16.1 Å². The molecular formula is C13H23N3O2. The molecule has 0 saturated heterocycles. The molecule has 0 aliphatic heterocycles. The number of nitrogens with zero attached hydrogens (tertiary/aromatic N) is 2. The van der Waals surface area contributed by atoms with Crippen molar-refractivity contribution < 1.29 is 9.53 Å². The summed E-state index contributed by atoms with van der Waals surface area (Å²) in [6.45, 7) is 4.96. The maximum atomic E-state index is 11.5. The van der Waals surface area contributed by atoms with Crippen molar-refractivity contribution in [3.8, 4) is 0 Å². The Morgan fingerprint density at radius 2 is 2.28 bits per heavy atom. The summed E-state index contributed by atoms with van der Waals surface area (Å²) in [7, 11) is 1.40. The van der Waals surface area contributed by atoms with E-state index in [0.29, 0.717) is 6.42 Å². The molecule has 1 heterocycles. The molecule has 1 rings (SSSR count). The lowest BCUT2D eigenvalue weighted by Crippen LogP contribution is -2.31. The fourth-order valence-electron chi connectivity index (χ4n) is 2.08. The van der Waals surface area contributed by atoms with Crippen LogP contribution in [0.2, 0.25) is 0 Å². The monoisotopic (exact) mass is 253 g/mol. The van der Waals surface area contributed by atoms with E-state index in [1.54, 1.807) is 6.20 Å². The van der Waals surface area contributed by atoms with Crippen LogP contribution in [0.3, 0.4) is 0 Å². The van der Waals surface area contributed by atoms with Crippen molar-refractivity contribution in [3.63, 3.8) is 0 Å². The van der Waals surface area contributed by atoms with Crippen molar-refractivity contribution in [3.05, 3.63) is 18.0 Å². The van der Waals surface area contributed by atoms with Gasteiger partial charge in [0.05, 0.1) is 13.5 Å². The molecule has 0 aromatic carbocycles. The summed E-state index contributed by atoms with van der Waals surface area (Å²) in [6, 6.07) is 1.88. The molecule has 5 nitrogen and oxygen atoms in total. The lowest BCUT2D eigenvalue weighted by atomic mass is 9.91. The highest BCUT2D eigenvalue weighted by Crippen LogP contribution is 2.24. The fraction of sp³-hybridized carbons (Fsp3) is 0.692. The van der Waals surface area contributed by atoms with E-state index in [1.807, 2.05) is 17.7 Å². The van der Waals surface area contributed by atoms with Gasteiger partial charge in [0.15, 0.2) is 0 Å². The Hall–Kier alpha value is -1.36. The zero-order chi connectivity index (χ0) is 13.5. The average Bonchev–Trinajstić information content (AvgIpc) is 2.83. The number of aryl methyl sites for hydroxylation is 1. The summed E-state index contributed by atoms with van der Waals surface area (Å²) < 4.78 is 6.68. The van der Waals surface area contributed by atoms with Gasteiger partial charge in [-0.1, -0.05) is 13.8 Å². The number of hydrogen-bond acceptors (Lipinski definition) is 4. The normalized spacial score (nSPS) is 14.2. The van der Waals surface area contributed by atoms with E-state index in [9.17, 15) is 4.79 Å². The summed E-state index contributed by atoms with van der Waals surface area (Å²) >= 11 is 0. The molecule has 0 amide bonds. The number of nitrogens with two attached hydrogens (primary N) is 1. The van der Waals surface area contributed by atoms with Gasteiger partial charge < -0.3 is 10.5 Å². The van der Waals surface area contributed by atoms with Gasteiger partial charge in [0.25, 0.3) is 0 Å². The molecule has 0 radical (unpaired) electrons. The van der Waals surface area contributed by atoms with Crippen molar-refractivity contribution in [1.29, 1.82) is 0 Å². The summed E-state index contributed by atoms with van der Waals surface area (Å²) in [5, 5.41) is 4.29. The first-order valence-corrected chi connectivity index (χ1v) is 6.48. The SMILES string of the molecule is CCCn1nccc1C(CC(=O)OC)C(N)CC. The number of aromatic nitrogens is 2. The molecule has 0 aliphatic rings. The van der Waals surface area contributed by atoms with E-state index in [1.165, 1.54) is 7.11 Å². The van der Waals surface area contributed by atoms with E-state index in [0.717, 1.165) is 25.1 Å².